The fraction of sp³-hybridized carbons (Fsp3) is 0.0625. The van der Waals surface area contributed by atoms with Gasteiger partial charge in [-0.2, -0.15) is 4.98 Å². The summed E-state index contributed by atoms with van der Waals surface area (Å²) < 4.78 is 10.4. The van der Waals surface area contributed by atoms with Crippen molar-refractivity contribution >= 4 is 5.91 Å². The molecule has 7 nitrogen and oxygen atoms in total. The number of amides is 1. The molecular weight excluding hydrogens is 298 g/mol. The molecule has 1 aromatic heterocycles. The smallest absolute Gasteiger partial charge is 0.333 e. The zero-order valence-electron chi connectivity index (χ0n) is 12.0. The van der Waals surface area contributed by atoms with Crippen molar-refractivity contribution in [2.75, 3.05) is 0 Å². The van der Waals surface area contributed by atoms with Gasteiger partial charge in [0.1, 0.15) is 12.4 Å². The van der Waals surface area contributed by atoms with Gasteiger partial charge in [-0.25, -0.2) is 5.48 Å². The Morgan fingerprint density at radius 3 is 2.57 bits per heavy atom. The fourth-order valence-electron chi connectivity index (χ4n) is 1.91. The van der Waals surface area contributed by atoms with Crippen molar-refractivity contribution in [2.45, 2.75) is 6.61 Å². The van der Waals surface area contributed by atoms with E-state index in [1.165, 1.54) is 5.48 Å². The molecule has 1 heterocycles. The lowest BCUT2D eigenvalue weighted by atomic mass is 10.1. The second kappa shape index (κ2) is 6.71. The summed E-state index contributed by atoms with van der Waals surface area (Å²) in [6, 6.07) is 16.9. The van der Waals surface area contributed by atoms with E-state index in [1.54, 1.807) is 12.1 Å². The zero-order valence-corrected chi connectivity index (χ0v) is 12.0. The number of hydroxylamine groups is 1. The number of aromatic nitrogens is 2. The molecule has 0 aliphatic heterocycles. The van der Waals surface area contributed by atoms with Crippen molar-refractivity contribution < 1.29 is 19.3 Å². The molecule has 0 aliphatic rings. The number of nitrogens with zero attached hydrogens (tertiary/aromatic N) is 2. The Morgan fingerprint density at radius 2 is 1.87 bits per heavy atom. The summed E-state index contributed by atoms with van der Waals surface area (Å²) in [4.78, 5) is 15.1. The monoisotopic (exact) mass is 311 g/mol. The summed E-state index contributed by atoms with van der Waals surface area (Å²) in [7, 11) is 0. The summed E-state index contributed by atoms with van der Waals surface area (Å²) >= 11 is 0. The van der Waals surface area contributed by atoms with Gasteiger partial charge in [-0.3, -0.25) is 10.0 Å². The second-order valence-corrected chi connectivity index (χ2v) is 4.66. The molecule has 0 unspecified atom stereocenters. The maximum Gasteiger partial charge on any atom is 0.333 e. The predicted octanol–water partition coefficient (Wildman–Crippen LogP) is 2.43. The minimum atomic E-state index is -0.850. The molecule has 0 radical (unpaired) electrons. The molecule has 0 atom stereocenters. The highest BCUT2D eigenvalue weighted by molar-refractivity contribution is 5.88. The average Bonchev–Trinajstić information content (AvgIpc) is 3.11. The lowest BCUT2D eigenvalue weighted by molar-refractivity contribution is 0.0659. The van der Waals surface area contributed by atoms with Crippen LogP contribution in [0.4, 0.5) is 0 Å². The van der Waals surface area contributed by atoms with E-state index in [0.29, 0.717) is 12.2 Å². The Kier molecular flexibility index (Phi) is 4.30. The standard InChI is InChI=1S/C16H13N3O4/c20-15(18-21)16-17-14(19-23-16)12-8-6-11(7-9-12)10-22-13-4-2-1-3-5-13/h1-9,21H,10H2,(H,18,20). The van der Waals surface area contributed by atoms with E-state index < -0.39 is 5.91 Å². The first-order chi connectivity index (χ1) is 11.3. The highest BCUT2D eigenvalue weighted by Gasteiger charge is 2.15. The average molecular weight is 311 g/mol. The molecule has 0 fully saturated rings. The van der Waals surface area contributed by atoms with Gasteiger partial charge in [0, 0.05) is 5.56 Å². The summed E-state index contributed by atoms with van der Waals surface area (Å²) in [5.74, 6) is -0.0934. The Labute approximate surface area is 131 Å². The SMILES string of the molecule is O=C(NO)c1nc(-c2ccc(COc3ccccc3)cc2)no1. The van der Waals surface area contributed by atoms with E-state index in [0.717, 1.165) is 11.3 Å². The number of ether oxygens (including phenoxy) is 1. The molecule has 3 aromatic rings. The van der Waals surface area contributed by atoms with Gasteiger partial charge in [-0.15, -0.1) is 0 Å². The number of benzene rings is 2. The van der Waals surface area contributed by atoms with Crippen LogP contribution in [0.25, 0.3) is 11.4 Å². The van der Waals surface area contributed by atoms with E-state index in [1.807, 2.05) is 42.5 Å². The number of rotatable bonds is 5. The van der Waals surface area contributed by atoms with Gasteiger partial charge in [0.15, 0.2) is 0 Å². The van der Waals surface area contributed by atoms with Crippen LogP contribution in [-0.2, 0) is 6.61 Å². The number of hydrogen-bond donors (Lipinski definition) is 2. The van der Waals surface area contributed by atoms with Crippen LogP contribution in [0, 0.1) is 0 Å². The minimum absolute atomic E-state index is 0.263. The third-order valence-electron chi connectivity index (χ3n) is 3.08. The van der Waals surface area contributed by atoms with Crippen molar-refractivity contribution in [3.05, 3.63) is 66.1 Å². The lowest BCUT2D eigenvalue weighted by Crippen LogP contribution is -2.18. The first kappa shape index (κ1) is 14.7. The van der Waals surface area contributed by atoms with Crippen LogP contribution >= 0.6 is 0 Å². The number of nitrogens with one attached hydrogen (secondary N) is 1. The largest absolute Gasteiger partial charge is 0.489 e. The maximum atomic E-state index is 11.2. The Hall–Kier alpha value is -3.19. The third-order valence-corrected chi connectivity index (χ3v) is 3.08. The van der Waals surface area contributed by atoms with Crippen molar-refractivity contribution in [2.24, 2.45) is 0 Å². The molecular formula is C16H13N3O4. The van der Waals surface area contributed by atoms with Crippen LogP contribution in [0.2, 0.25) is 0 Å². The van der Waals surface area contributed by atoms with Crippen LogP contribution in [0.5, 0.6) is 5.75 Å². The van der Waals surface area contributed by atoms with E-state index >= 15 is 0 Å². The lowest BCUT2D eigenvalue weighted by Gasteiger charge is -2.06. The molecule has 116 valence electrons. The number of carbonyl (C=O) groups is 1. The van der Waals surface area contributed by atoms with Crippen LogP contribution in [-0.4, -0.2) is 21.3 Å². The molecule has 2 N–H and O–H groups in total. The maximum absolute atomic E-state index is 11.2. The summed E-state index contributed by atoms with van der Waals surface area (Å²) in [6.07, 6.45) is 0. The highest BCUT2D eigenvalue weighted by atomic mass is 16.5. The van der Waals surface area contributed by atoms with Crippen molar-refractivity contribution in [1.29, 1.82) is 0 Å². The summed E-state index contributed by atoms with van der Waals surface area (Å²) in [5, 5.41) is 12.2. The van der Waals surface area contributed by atoms with E-state index in [9.17, 15) is 4.79 Å². The minimum Gasteiger partial charge on any atom is -0.489 e. The molecule has 0 saturated heterocycles. The molecule has 0 bridgehead atoms. The van der Waals surface area contributed by atoms with Gasteiger partial charge in [0.05, 0.1) is 0 Å². The van der Waals surface area contributed by atoms with E-state index in [-0.39, 0.29) is 11.7 Å². The molecule has 7 heteroatoms. The molecule has 0 spiro atoms. The molecule has 23 heavy (non-hydrogen) atoms. The van der Waals surface area contributed by atoms with Crippen LogP contribution in [0.15, 0.2) is 59.1 Å². The van der Waals surface area contributed by atoms with E-state index in [2.05, 4.69) is 10.1 Å². The summed E-state index contributed by atoms with van der Waals surface area (Å²) in [5.41, 5.74) is 3.11. The van der Waals surface area contributed by atoms with Gasteiger partial charge < -0.3 is 9.26 Å². The molecule has 0 saturated carbocycles. The summed E-state index contributed by atoms with van der Waals surface area (Å²) in [6.45, 7) is 0.439. The van der Waals surface area contributed by atoms with Crippen LogP contribution in [0.1, 0.15) is 16.2 Å². The van der Waals surface area contributed by atoms with Crippen molar-refractivity contribution in [3.8, 4) is 17.1 Å². The van der Waals surface area contributed by atoms with Gasteiger partial charge in [0.2, 0.25) is 5.82 Å². The van der Waals surface area contributed by atoms with E-state index in [4.69, 9.17) is 14.5 Å². The quantitative estimate of drug-likeness (QED) is 0.555. The number of carbonyl (C=O) groups excluding carboxylic acids is 1. The molecule has 1 amide bonds. The Bertz CT molecular complexity index is 785. The van der Waals surface area contributed by atoms with Gasteiger partial charge in [-0.05, 0) is 17.7 Å². The first-order valence-corrected chi connectivity index (χ1v) is 6.81. The highest BCUT2D eigenvalue weighted by Crippen LogP contribution is 2.18. The number of para-hydroxylation sites is 1. The molecule has 0 aliphatic carbocycles. The predicted molar refractivity (Wildman–Crippen MR) is 79.8 cm³/mol. The molecule has 3 rings (SSSR count). The normalized spacial score (nSPS) is 10.3. The van der Waals surface area contributed by atoms with Gasteiger partial charge in [-0.1, -0.05) is 47.6 Å². The number of hydrogen-bond acceptors (Lipinski definition) is 6. The van der Waals surface area contributed by atoms with Crippen LogP contribution in [0.3, 0.4) is 0 Å². The molecule has 2 aromatic carbocycles. The Morgan fingerprint density at radius 1 is 1.13 bits per heavy atom. The first-order valence-electron chi connectivity index (χ1n) is 6.81. The van der Waals surface area contributed by atoms with Crippen LogP contribution < -0.4 is 10.2 Å². The van der Waals surface area contributed by atoms with Gasteiger partial charge >= 0.3 is 11.8 Å². The zero-order chi connectivity index (χ0) is 16.1. The van der Waals surface area contributed by atoms with Crippen molar-refractivity contribution in [3.63, 3.8) is 0 Å². The van der Waals surface area contributed by atoms with Crippen molar-refractivity contribution in [1.82, 2.24) is 15.6 Å². The van der Waals surface area contributed by atoms with Gasteiger partial charge in [0.25, 0.3) is 0 Å². The Balaban J connectivity index is 1.67. The second-order valence-electron chi connectivity index (χ2n) is 4.66. The third kappa shape index (κ3) is 3.53. The fourth-order valence-corrected chi connectivity index (χ4v) is 1.91. The topological polar surface area (TPSA) is 97.5 Å².